The molecule has 1 aliphatic heterocycles. The summed E-state index contributed by atoms with van der Waals surface area (Å²) in [6.45, 7) is 3.63. The number of nitrogens with zero attached hydrogens (tertiary/aromatic N) is 3. The van der Waals surface area contributed by atoms with E-state index in [2.05, 4.69) is 20.2 Å². The highest BCUT2D eigenvalue weighted by molar-refractivity contribution is 7.14. The van der Waals surface area contributed by atoms with Crippen LogP contribution in [0.3, 0.4) is 0 Å². The highest BCUT2D eigenvalue weighted by atomic mass is 32.1. The number of nitrogens with two attached hydrogens (primary N) is 1. The van der Waals surface area contributed by atoms with Crippen molar-refractivity contribution in [3.63, 3.8) is 0 Å². The molecule has 1 saturated heterocycles. The molecule has 4 nitrogen and oxygen atoms in total. The van der Waals surface area contributed by atoms with Crippen molar-refractivity contribution in [3.05, 3.63) is 15.8 Å². The molecule has 0 spiro atoms. The molecule has 0 saturated carbocycles. The lowest BCUT2D eigenvalue weighted by Crippen LogP contribution is -2.26. The van der Waals surface area contributed by atoms with E-state index in [4.69, 9.17) is 5.73 Å². The fraction of sp³-hybridized carbons (Fsp3) is 0.571. The number of hydrogen-bond donors (Lipinski definition) is 1. The largest absolute Gasteiger partial charge is 0.375 e. The van der Waals surface area contributed by atoms with Crippen LogP contribution in [0.2, 0.25) is 0 Å². The first-order valence-corrected chi connectivity index (χ1v) is 8.95. The van der Waals surface area contributed by atoms with Crippen LogP contribution in [0.15, 0.2) is 10.8 Å². The number of anilines is 1. The highest BCUT2D eigenvalue weighted by Crippen LogP contribution is 2.25. The SMILES string of the molecule is Nc1nc(-c2csc(CCN3CCCCCC3)n2)cs1. The fourth-order valence-electron chi connectivity index (χ4n) is 2.56. The van der Waals surface area contributed by atoms with Gasteiger partial charge in [0.05, 0.1) is 5.01 Å². The van der Waals surface area contributed by atoms with Gasteiger partial charge in [-0.25, -0.2) is 9.97 Å². The summed E-state index contributed by atoms with van der Waals surface area (Å²) in [6, 6.07) is 0. The summed E-state index contributed by atoms with van der Waals surface area (Å²) in [5, 5.41) is 5.88. The molecule has 0 unspecified atom stereocenters. The van der Waals surface area contributed by atoms with Crippen molar-refractivity contribution in [1.29, 1.82) is 0 Å². The number of nitrogen functional groups attached to an aromatic ring is 1. The van der Waals surface area contributed by atoms with Crippen LogP contribution in [0, 0.1) is 0 Å². The topological polar surface area (TPSA) is 55.0 Å². The van der Waals surface area contributed by atoms with Crippen molar-refractivity contribution < 1.29 is 0 Å². The molecule has 0 aromatic carbocycles. The van der Waals surface area contributed by atoms with Gasteiger partial charge in [0.2, 0.25) is 0 Å². The minimum absolute atomic E-state index is 0.610. The van der Waals surface area contributed by atoms with E-state index >= 15 is 0 Å². The zero-order chi connectivity index (χ0) is 13.8. The average Bonchev–Trinajstić information content (AvgIpc) is 3.00. The first kappa shape index (κ1) is 14.0. The van der Waals surface area contributed by atoms with Crippen molar-refractivity contribution in [2.45, 2.75) is 32.1 Å². The number of aromatic nitrogens is 2. The van der Waals surface area contributed by atoms with E-state index in [-0.39, 0.29) is 0 Å². The predicted octanol–water partition coefficient (Wildman–Crippen LogP) is 3.27. The Kier molecular flexibility index (Phi) is 4.65. The maximum Gasteiger partial charge on any atom is 0.180 e. The normalized spacial score (nSPS) is 17.2. The Balaban J connectivity index is 1.57. The average molecular weight is 308 g/mol. The molecule has 2 aromatic heterocycles. The molecule has 3 heterocycles. The van der Waals surface area contributed by atoms with Gasteiger partial charge in [0.1, 0.15) is 11.4 Å². The zero-order valence-electron chi connectivity index (χ0n) is 11.5. The second kappa shape index (κ2) is 6.65. The van der Waals surface area contributed by atoms with Gasteiger partial charge in [-0.05, 0) is 25.9 Å². The minimum Gasteiger partial charge on any atom is -0.375 e. The van der Waals surface area contributed by atoms with E-state index in [9.17, 15) is 0 Å². The molecule has 2 N–H and O–H groups in total. The smallest absolute Gasteiger partial charge is 0.180 e. The summed E-state index contributed by atoms with van der Waals surface area (Å²) in [7, 11) is 0. The zero-order valence-corrected chi connectivity index (χ0v) is 13.2. The van der Waals surface area contributed by atoms with Crippen LogP contribution in [0.5, 0.6) is 0 Å². The quantitative estimate of drug-likeness (QED) is 0.942. The lowest BCUT2D eigenvalue weighted by atomic mass is 10.2. The number of thiazole rings is 2. The molecular weight excluding hydrogens is 288 g/mol. The summed E-state index contributed by atoms with van der Waals surface area (Å²) >= 11 is 3.20. The van der Waals surface area contributed by atoms with E-state index in [0.29, 0.717) is 5.13 Å². The van der Waals surface area contributed by atoms with E-state index in [1.807, 2.05) is 5.38 Å². The second-order valence-corrected chi connectivity index (χ2v) is 7.04. The Hall–Kier alpha value is -0.980. The van der Waals surface area contributed by atoms with E-state index in [0.717, 1.165) is 24.4 Å². The Morgan fingerprint density at radius 1 is 1.00 bits per heavy atom. The molecule has 0 atom stereocenters. The summed E-state index contributed by atoms with van der Waals surface area (Å²) in [5.41, 5.74) is 7.54. The van der Waals surface area contributed by atoms with Crippen molar-refractivity contribution in [3.8, 4) is 11.4 Å². The molecule has 1 fully saturated rings. The summed E-state index contributed by atoms with van der Waals surface area (Å²) in [4.78, 5) is 11.5. The molecule has 0 aliphatic carbocycles. The molecule has 1 aliphatic rings. The Labute approximate surface area is 127 Å². The lowest BCUT2D eigenvalue weighted by molar-refractivity contribution is 0.289. The maximum atomic E-state index is 5.67. The van der Waals surface area contributed by atoms with Gasteiger partial charge >= 0.3 is 0 Å². The van der Waals surface area contributed by atoms with E-state index in [1.165, 1.54) is 55.1 Å². The number of rotatable bonds is 4. The monoisotopic (exact) mass is 308 g/mol. The van der Waals surface area contributed by atoms with Crippen molar-refractivity contribution in [1.82, 2.24) is 14.9 Å². The van der Waals surface area contributed by atoms with Crippen LogP contribution in [0.4, 0.5) is 5.13 Å². The fourth-order valence-corrected chi connectivity index (χ4v) is 3.90. The van der Waals surface area contributed by atoms with E-state index < -0.39 is 0 Å². The van der Waals surface area contributed by atoms with Crippen LogP contribution in [-0.4, -0.2) is 34.5 Å². The van der Waals surface area contributed by atoms with Crippen molar-refractivity contribution >= 4 is 27.8 Å². The number of likely N-dealkylation sites (tertiary alicyclic amines) is 1. The molecular formula is C14H20N4S2. The van der Waals surface area contributed by atoms with Gasteiger partial charge in [0.25, 0.3) is 0 Å². The minimum atomic E-state index is 0.610. The Morgan fingerprint density at radius 3 is 2.40 bits per heavy atom. The first-order chi connectivity index (χ1) is 9.81. The standard InChI is InChI=1S/C14H20N4S2/c15-14-17-12(10-20-14)11-9-19-13(16-11)5-8-18-6-3-1-2-4-7-18/h9-10H,1-8H2,(H2,15,17). The third-order valence-corrected chi connectivity index (χ3v) is 5.26. The highest BCUT2D eigenvalue weighted by Gasteiger charge is 2.11. The third-order valence-electron chi connectivity index (χ3n) is 3.68. The Morgan fingerprint density at radius 2 is 1.70 bits per heavy atom. The van der Waals surface area contributed by atoms with Crippen LogP contribution in [0.25, 0.3) is 11.4 Å². The van der Waals surface area contributed by atoms with Gasteiger partial charge in [-0.15, -0.1) is 22.7 Å². The molecule has 0 amide bonds. The maximum absolute atomic E-state index is 5.67. The summed E-state index contributed by atoms with van der Waals surface area (Å²) < 4.78 is 0. The molecule has 0 bridgehead atoms. The molecule has 20 heavy (non-hydrogen) atoms. The van der Waals surface area contributed by atoms with Gasteiger partial charge in [0, 0.05) is 23.7 Å². The van der Waals surface area contributed by atoms with Crippen LogP contribution in [-0.2, 0) is 6.42 Å². The number of hydrogen-bond acceptors (Lipinski definition) is 6. The van der Waals surface area contributed by atoms with Gasteiger partial charge < -0.3 is 10.6 Å². The van der Waals surface area contributed by atoms with Gasteiger partial charge in [-0.1, -0.05) is 12.8 Å². The molecule has 2 aromatic rings. The lowest BCUT2D eigenvalue weighted by Gasteiger charge is -2.18. The van der Waals surface area contributed by atoms with Crippen LogP contribution < -0.4 is 5.73 Å². The van der Waals surface area contributed by atoms with Gasteiger partial charge in [-0.3, -0.25) is 0 Å². The van der Waals surface area contributed by atoms with Crippen LogP contribution >= 0.6 is 22.7 Å². The van der Waals surface area contributed by atoms with Gasteiger partial charge in [0.15, 0.2) is 5.13 Å². The predicted molar refractivity (Wildman–Crippen MR) is 86.2 cm³/mol. The molecule has 6 heteroatoms. The van der Waals surface area contributed by atoms with Gasteiger partial charge in [-0.2, -0.15) is 0 Å². The van der Waals surface area contributed by atoms with Crippen LogP contribution in [0.1, 0.15) is 30.7 Å². The summed E-state index contributed by atoms with van der Waals surface area (Å²) in [6.07, 6.45) is 6.53. The van der Waals surface area contributed by atoms with E-state index in [1.54, 1.807) is 11.3 Å². The molecule has 0 radical (unpaired) electrons. The summed E-state index contributed by atoms with van der Waals surface area (Å²) in [5.74, 6) is 0. The molecule has 3 rings (SSSR count). The third kappa shape index (κ3) is 3.56. The van der Waals surface area contributed by atoms with Crippen molar-refractivity contribution in [2.75, 3.05) is 25.4 Å². The molecule has 108 valence electrons. The Bertz CT molecular complexity index is 541. The second-order valence-electron chi connectivity index (χ2n) is 5.20. The van der Waals surface area contributed by atoms with Crippen molar-refractivity contribution in [2.24, 2.45) is 0 Å². The first-order valence-electron chi connectivity index (χ1n) is 7.19.